The number of halogens is 2. The van der Waals surface area contributed by atoms with E-state index in [2.05, 4.69) is 37.2 Å². The van der Waals surface area contributed by atoms with Gasteiger partial charge in [0.25, 0.3) is 26.0 Å². The summed E-state index contributed by atoms with van der Waals surface area (Å²) in [5.74, 6) is -0.463. The van der Waals surface area contributed by atoms with Crippen molar-refractivity contribution in [1.82, 2.24) is 13.3 Å². The summed E-state index contributed by atoms with van der Waals surface area (Å²) in [4.78, 5) is 18.5. The number of carbonyl (C=O) groups is 1. The van der Waals surface area contributed by atoms with Crippen LogP contribution in [-0.4, -0.2) is 42.9 Å². The molecule has 6 aromatic rings. The van der Waals surface area contributed by atoms with E-state index in [4.69, 9.17) is 4.99 Å². The van der Waals surface area contributed by atoms with Crippen LogP contribution in [0.2, 0.25) is 0 Å². The molecule has 0 spiro atoms. The largest absolute Gasteiger partial charge is 0.348 e. The van der Waals surface area contributed by atoms with Crippen molar-refractivity contribution in [3.8, 4) is 0 Å². The number of aryl methyl sites for hydroxylation is 2. The van der Waals surface area contributed by atoms with Gasteiger partial charge in [-0.15, -0.1) is 0 Å². The van der Waals surface area contributed by atoms with Crippen molar-refractivity contribution in [2.24, 2.45) is 4.99 Å². The summed E-state index contributed by atoms with van der Waals surface area (Å²) < 4.78 is 59.3. The van der Waals surface area contributed by atoms with Crippen LogP contribution in [0.1, 0.15) is 28.3 Å². The molecule has 0 fully saturated rings. The van der Waals surface area contributed by atoms with Gasteiger partial charge in [-0.3, -0.25) is 9.79 Å². The molecule has 1 aliphatic heterocycles. The lowest BCUT2D eigenvalue weighted by atomic mass is 10.0. The number of aromatic nitrogens is 2. The zero-order valence-corrected chi connectivity index (χ0v) is 29.8. The fourth-order valence-corrected chi connectivity index (χ4v) is 9.20. The fourth-order valence-electron chi connectivity index (χ4n) is 5.77. The van der Waals surface area contributed by atoms with Gasteiger partial charge in [-0.25, -0.2) is 24.8 Å². The molecule has 13 heteroatoms. The quantitative estimate of drug-likeness (QED) is 0.198. The van der Waals surface area contributed by atoms with E-state index in [9.17, 15) is 21.6 Å². The highest BCUT2D eigenvalue weighted by atomic mass is 79.9. The average Bonchev–Trinajstić information content (AvgIpc) is 3.61. The minimum Gasteiger partial charge on any atom is -0.348 e. The van der Waals surface area contributed by atoms with Crippen LogP contribution in [0.3, 0.4) is 0 Å². The molecule has 1 atom stereocenters. The van der Waals surface area contributed by atoms with Crippen molar-refractivity contribution >= 4 is 85.3 Å². The third kappa shape index (κ3) is 5.44. The van der Waals surface area contributed by atoms with Crippen molar-refractivity contribution < 1.29 is 21.6 Å². The van der Waals surface area contributed by atoms with Crippen molar-refractivity contribution in [1.29, 1.82) is 0 Å². The average molecular weight is 795 g/mol. The molecule has 238 valence electrons. The summed E-state index contributed by atoms with van der Waals surface area (Å²) >= 11 is 6.92. The third-order valence-electron chi connectivity index (χ3n) is 8.22. The van der Waals surface area contributed by atoms with Crippen molar-refractivity contribution in [3.05, 3.63) is 129 Å². The Kier molecular flexibility index (Phi) is 7.78. The van der Waals surface area contributed by atoms with Gasteiger partial charge in [0.15, 0.2) is 0 Å². The first-order valence-corrected chi connectivity index (χ1v) is 18.9. The number of rotatable bonds is 6. The molecule has 7 rings (SSSR count). The predicted molar refractivity (Wildman–Crippen MR) is 189 cm³/mol. The molecule has 1 aliphatic rings. The second-order valence-electron chi connectivity index (χ2n) is 11.4. The molecule has 3 heterocycles. The number of nitrogens with one attached hydrogen (secondary N) is 1. The minimum absolute atomic E-state index is 0.0471. The molecule has 0 bridgehead atoms. The second-order valence-corrected chi connectivity index (χ2v) is 16.8. The fraction of sp³-hybridized carbons (Fsp3) is 0.118. The molecule has 0 radical (unpaired) electrons. The topological polar surface area (TPSA) is 120 Å². The van der Waals surface area contributed by atoms with Crippen LogP contribution in [-0.2, 0) is 24.8 Å². The number of nitrogens with zero attached hydrogens (tertiary/aromatic N) is 3. The monoisotopic (exact) mass is 792 g/mol. The maximum atomic E-state index is 13.9. The number of carbonyl (C=O) groups excluding carboxylic acids is 1. The molecule has 47 heavy (non-hydrogen) atoms. The number of benzene rings is 4. The Morgan fingerprint density at radius 1 is 0.702 bits per heavy atom. The van der Waals surface area contributed by atoms with E-state index in [-0.39, 0.29) is 22.0 Å². The van der Waals surface area contributed by atoms with E-state index >= 15 is 0 Å². The standard InChI is InChI=1S/C34H26Br2N4O5S2/c1-20-3-9-24(10-4-20)46(42,43)39-18-28(26-13-7-22(35)15-31(26)39)30-17-37-34(41)33(38-30)29-19-40(32-16-23(36)8-14-27(29)32)47(44,45)25-11-5-21(2)6-12-25/h3-16,18-19,30H,17H2,1-2H3,(H,37,41). The third-order valence-corrected chi connectivity index (χ3v) is 12.6. The predicted octanol–water partition coefficient (Wildman–Crippen LogP) is 6.87. The summed E-state index contributed by atoms with van der Waals surface area (Å²) in [5, 5.41) is 4.07. The summed E-state index contributed by atoms with van der Waals surface area (Å²) in [5.41, 5.74) is 3.66. The van der Waals surface area contributed by atoms with Crippen LogP contribution < -0.4 is 5.32 Å². The summed E-state index contributed by atoms with van der Waals surface area (Å²) in [6.45, 7) is 3.88. The highest BCUT2D eigenvalue weighted by molar-refractivity contribution is 9.10. The van der Waals surface area contributed by atoms with Crippen LogP contribution in [0, 0.1) is 13.8 Å². The lowest BCUT2D eigenvalue weighted by molar-refractivity contribution is -0.115. The first-order chi connectivity index (χ1) is 22.3. The highest BCUT2D eigenvalue weighted by Gasteiger charge is 2.32. The molecule has 1 N–H and O–H groups in total. The Morgan fingerprint density at radius 2 is 1.19 bits per heavy atom. The van der Waals surface area contributed by atoms with Crippen LogP contribution in [0.15, 0.2) is 121 Å². The zero-order valence-electron chi connectivity index (χ0n) is 25.0. The first-order valence-electron chi connectivity index (χ1n) is 14.5. The van der Waals surface area contributed by atoms with E-state index < -0.39 is 32.0 Å². The minimum atomic E-state index is -4.04. The lowest BCUT2D eigenvalue weighted by Crippen LogP contribution is -2.39. The SMILES string of the molecule is Cc1ccc(S(=O)(=O)n2cc(C3=NC(c4cn(S(=O)(=O)c5ccc(C)cc5)c5cc(Br)ccc45)CNC3=O)c3ccc(Br)cc32)cc1. The van der Waals surface area contributed by atoms with Gasteiger partial charge in [0.2, 0.25) is 0 Å². The van der Waals surface area contributed by atoms with Crippen LogP contribution >= 0.6 is 31.9 Å². The van der Waals surface area contributed by atoms with E-state index in [0.717, 1.165) is 11.1 Å². The van der Waals surface area contributed by atoms with Crippen molar-refractivity contribution in [2.45, 2.75) is 29.7 Å². The Labute approximate surface area is 288 Å². The Morgan fingerprint density at radius 3 is 1.74 bits per heavy atom. The molecular weight excluding hydrogens is 768 g/mol. The first kappa shape index (κ1) is 31.6. The van der Waals surface area contributed by atoms with E-state index in [0.29, 0.717) is 41.9 Å². The number of aliphatic imine (C=N–C) groups is 1. The van der Waals surface area contributed by atoms with E-state index in [1.54, 1.807) is 79.0 Å². The molecule has 4 aromatic carbocycles. The van der Waals surface area contributed by atoms with Crippen molar-refractivity contribution in [3.63, 3.8) is 0 Å². The Balaban J connectivity index is 1.40. The molecule has 1 unspecified atom stereocenters. The Hall–Kier alpha value is -4.04. The molecule has 1 amide bonds. The lowest BCUT2D eigenvalue weighted by Gasteiger charge is -2.21. The smallest absolute Gasteiger partial charge is 0.270 e. The van der Waals surface area contributed by atoms with Gasteiger partial charge < -0.3 is 5.32 Å². The molecule has 2 aromatic heterocycles. The molecule has 0 saturated heterocycles. The summed E-state index contributed by atoms with van der Waals surface area (Å²) in [6.07, 6.45) is 2.98. The number of amides is 1. The Bertz CT molecular complexity index is 2500. The maximum Gasteiger partial charge on any atom is 0.270 e. The van der Waals surface area contributed by atoms with Crippen LogP contribution in [0.4, 0.5) is 0 Å². The number of fused-ring (bicyclic) bond motifs is 2. The molecule has 9 nitrogen and oxygen atoms in total. The second kappa shape index (κ2) is 11.6. The van der Waals surface area contributed by atoms with Gasteiger partial charge in [-0.2, -0.15) is 0 Å². The van der Waals surface area contributed by atoms with Gasteiger partial charge in [0.1, 0.15) is 5.71 Å². The zero-order chi connectivity index (χ0) is 33.2. The normalized spacial score (nSPS) is 15.6. The number of hydrogen-bond donors (Lipinski definition) is 1. The summed E-state index contributed by atoms with van der Waals surface area (Å²) in [7, 11) is -8.02. The van der Waals surface area contributed by atoms with Crippen LogP contribution in [0.25, 0.3) is 21.8 Å². The van der Waals surface area contributed by atoms with E-state index in [1.807, 2.05) is 26.0 Å². The molecule has 0 saturated carbocycles. The van der Waals surface area contributed by atoms with Crippen LogP contribution in [0.5, 0.6) is 0 Å². The number of hydrogen-bond acceptors (Lipinski definition) is 6. The van der Waals surface area contributed by atoms with Gasteiger partial charge in [-0.05, 0) is 62.4 Å². The maximum absolute atomic E-state index is 13.9. The highest BCUT2D eigenvalue weighted by Crippen LogP contribution is 2.36. The summed E-state index contributed by atoms with van der Waals surface area (Å²) in [6, 6.07) is 23.1. The van der Waals surface area contributed by atoms with Gasteiger partial charge in [-0.1, -0.05) is 79.4 Å². The molecule has 0 aliphatic carbocycles. The van der Waals surface area contributed by atoms with Gasteiger partial charge >= 0.3 is 0 Å². The van der Waals surface area contributed by atoms with Gasteiger partial charge in [0.05, 0.1) is 26.9 Å². The van der Waals surface area contributed by atoms with E-state index in [1.165, 1.54) is 14.1 Å². The molecular formula is C34H26Br2N4O5S2. The van der Waals surface area contributed by atoms with Gasteiger partial charge in [0, 0.05) is 49.8 Å². The van der Waals surface area contributed by atoms with Crippen molar-refractivity contribution in [2.75, 3.05) is 6.54 Å².